The number of carbonyl (C=O) groups is 1. The van der Waals surface area contributed by atoms with Crippen molar-refractivity contribution in [2.45, 2.75) is 13.3 Å². The Balaban J connectivity index is 1.95. The van der Waals surface area contributed by atoms with Gasteiger partial charge in [0.25, 0.3) is 0 Å². The van der Waals surface area contributed by atoms with Gasteiger partial charge in [0.15, 0.2) is 5.75 Å². The molecule has 0 bridgehead atoms. The Bertz CT molecular complexity index is 998. The first-order valence-electron chi connectivity index (χ1n) is 7.97. The fourth-order valence-electron chi connectivity index (χ4n) is 2.57. The van der Waals surface area contributed by atoms with Gasteiger partial charge in [-0.2, -0.15) is 0 Å². The number of carboxylic acid groups (broad SMARTS) is 1. The number of pyridine rings is 1. The molecule has 7 heteroatoms. The third-order valence-corrected chi connectivity index (χ3v) is 4.35. The van der Waals surface area contributed by atoms with E-state index in [1.807, 2.05) is 19.1 Å². The molecule has 0 atom stereocenters. The van der Waals surface area contributed by atoms with E-state index in [2.05, 4.69) is 4.98 Å². The number of hydrogen-bond donors (Lipinski definition) is 2. The molecule has 0 amide bonds. The number of phenolic OH excluding ortho intramolecular Hbond substituents is 1. The number of aromatic nitrogens is 1. The molecule has 0 aliphatic carbocycles. The van der Waals surface area contributed by atoms with E-state index in [4.69, 9.17) is 33.0 Å². The van der Waals surface area contributed by atoms with Gasteiger partial charge in [-0.05, 0) is 60.5 Å². The molecule has 3 aromatic rings. The van der Waals surface area contributed by atoms with Crippen molar-refractivity contribution in [1.29, 1.82) is 0 Å². The molecule has 0 unspecified atom stereocenters. The summed E-state index contributed by atoms with van der Waals surface area (Å²) in [4.78, 5) is 15.1. The zero-order valence-corrected chi connectivity index (χ0v) is 15.8. The van der Waals surface area contributed by atoms with Crippen LogP contribution in [0.1, 0.15) is 11.1 Å². The lowest BCUT2D eigenvalue weighted by atomic mass is 10.1. The van der Waals surface area contributed by atoms with Crippen LogP contribution in [-0.4, -0.2) is 21.2 Å². The molecule has 1 heterocycles. The quantitative estimate of drug-likeness (QED) is 0.588. The number of carboxylic acids is 1. The number of ether oxygens (including phenoxy) is 1. The van der Waals surface area contributed by atoms with Gasteiger partial charge in [0, 0.05) is 11.8 Å². The Kier molecular flexibility index (Phi) is 5.54. The van der Waals surface area contributed by atoms with Crippen molar-refractivity contribution in [1.82, 2.24) is 4.98 Å². The van der Waals surface area contributed by atoms with Crippen LogP contribution in [0.4, 0.5) is 0 Å². The summed E-state index contributed by atoms with van der Waals surface area (Å²) in [6.45, 7) is 1.93. The third kappa shape index (κ3) is 4.51. The first kappa shape index (κ1) is 19.0. The van der Waals surface area contributed by atoms with Crippen LogP contribution in [0.15, 0.2) is 48.7 Å². The van der Waals surface area contributed by atoms with Crippen LogP contribution in [-0.2, 0) is 11.2 Å². The highest BCUT2D eigenvalue weighted by Gasteiger charge is 2.14. The highest BCUT2D eigenvalue weighted by atomic mass is 35.5. The Hall–Kier alpha value is -2.76. The smallest absolute Gasteiger partial charge is 0.307 e. The Morgan fingerprint density at radius 1 is 1.11 bits per heavy atom. The molecule has 0 saturated heterocycles. The highest BCUT2D eigenvalue weighted by Crippen LogP contribution is 2.39. The number of phenols is 1. The zero-order chi connectivity index (χ0) is 19.6. The second-order valence-corrected chi connectivity index (χ2v) is 6.77. The van der Waals surface area contributed by atoms with E-state index in [1.54, 1.807) is 18.3 Å². The van der Waals surface area contributed by atoms with Crippen molar-refractivity contribution in [3.8, 4) is 28.5 Å². The van der Waals surface area contributed by atoms with Gasteiger partial charge >= 0.3 is 5.97 Å². The number of aliphatic carboxylic acids is 1. The molecule has 27 heavy (non-hydrogen) atoms. The van der Waals surface area contributed by atoms with E-state index < -0.39 is 5.97 Å². The summed E-state index contributed by atoms with van der Waals surface area (Å²) in [5.41, 5.74) is 2.59. The Morgan fingerprint density at radius 3 is 2.44 bits per heavy atom. The third-order valence-electron chi connectivity index (χ3n) is 3.79. The maximum absolute atomic E-state index is 10.8. The fraction of sp³-hybridized carbons (Fsp3) is 0.100. The van der Waals surface area contributed by atoms with E-state index in [-0.39, 0.29) is 28.0 Å². The molecular formula is C20H15Cl2NO4. The van der Waals surface area contributed by atoms with Crippen LogP contribution in [0.3, 0.4) is 0 Å². The molecule has 0 spiro atoms. The van der Waals surface area contributed by atoms with Crippen molar-refractivity contribution in [2.75, 3.05) is 0 Å². The van der Waals surface area contributed by atoms with Gasteiger partial charge in [0.05, 0.1) is 22.2 Å². The fourth-order valence-corrected chi connectivity index (χ4v) is 3.18. The van der Waals surface area contributed by atoms with E-state index in [9.17, 15) is 9.90 Å². The monoisotopic (exact) mass is 403 g/mol. The lowest BCUT2D eigenvalue weighted by Crippen LogP contribution is -2.00. The van der Waals surface area contributed by atoms with Crippen LogP contribution in [0, 0.1) is 6.92 Å². The summed E-state index contributed by atoms with van der Waals surface area (Å²) >= 11 is 12.4. The van der Waals surface area contributed by atoms with Crippen LogP contribution in [0.25, 0.3) is 11.3 Å². The number of aromatic hydroxyl groups is 1. The average molecular weight is 404 g/mol. The zero-order valence-electron chi connectivity index (χ0n) is 14.2. The number of benzene rings is 2. The lowest BCUT2D eigenvalue weighted by Gasteiger charge is -2.13. The van der Waals surface area contributed by atoms with E-state index >= 15 is 0 Å². The highest BCUT2D eigenvalue weighted by molar-refractivity contribution is 6.37. The van der Waals surface area contributed by atoms with Crippen molar-refractivity contribution in [3.05, 3.63) is 69.8 Å². The SMILES string of the molecule is Cc1ccnc(-c2cc(Oc3c(Cl)cc(CC(=O)O)cc3Cl)ccc2O)c1. The number of aryl methyl sites for hydroxylation is 1. The average Bonchev–Trinajstić information content (AvgIpc) is 2.59. The molecule has 3 rings (SSSR count). The van der Waals surface area contributed by atoms with Crippen LogP contribution >= 0.6 is 23.2 Å². The molecule has 138 valence electrons. The van der Waals surface area contributed by atoms with Gasteiger partial charge in [-0.3, -0.25) is 9.78 Å². The van der Waals surface area contributed by atoms with E-state index in [0.717, 1.165) is 5.56 Å². The van der Waals surface area contributed by atoms with Crippen molar-refractivity contribution >= 4 is 29.2 Å². The van der Waals surface area contributed by atoms with Gasteiger partial charge in [0.2, 0.25) is 0 Å². The summed E-state index contributed by atoms with van der Waals surface area (Å²) < 4.78 is 5.80. The maximum atomic E-state index is 10.8. The molecular weight excluding hydrogens is 389 g/mol. The van der Waals surface area contributed by atoms with Gasteiger partial charge in [0.1, 0.15) is 11.5 Å². The van der Waals surface area contributed by atoms with E-state index in [0.29, 0.717) is 22.6 Å². The molecule has 5 nitrogen and oxygen atoms in total. The number of halogens is 2. The first-order chi connectivity index (χ1) is 12.8. The Labute approximate surface area is 165 Å². The molecule has 0 radical (unpaired) electrons. The lowest BCUT2D eigenvalue weighted by molar-refractivity contribution is -0.136. The second-order valence-electron chi connectivity index (χ2n) is 5.96. The largest absolute Gasteiger partial charge is 0.507 e. The molecule has 0 aliphatic heterocycles. The predicted molar refractivity (Wildman–Crippen MR) is 104 cm³/mol. The molecule has 1 aromatic heterocycles. The molecule has 2 aromatic carbocycles. The van der Waals surface area contributed by atoms with Crippen LogP contribution < -0.4 is 4.74 Å². The summed E-state index contributed by atoms with van der Waals surface area (Å²) in [6.07, 6.45) is 1.47. The van der Waals surface area contributed by atoms with Crippen LogP contribution in [0.2, 0.25) is 10.0 Å². The minimum atomic E-state index is -0.982. The minimum Gasteiger partial charge on any atom is -0.507 e. The summed E-state index contributed by atoms with van der Waals surface area (Å²) in [6, 6.07) is 11.4. The van der Waals surface area contributed by atoms with Crippen molar-refractivity contribution in [2.24, 2.45) is 0 Å². The maximum Gasteiger partial charge on any atom is 0.307 e. The topological polar surface area (TPSA) is 79.7 Å². The minimum absolute atomic E-state index is 0.0643. The van der Waals surface area contributed by atoms with E-state index in [1.165, 1.54) is 18.2 Å². The Morgan fingerprint density at radius 2 is 1.81 bits per heavy atom. The van der Waals surface area contributed by atoms with Crippen LogP contribution in [0.5, 0.6) is 17.2 Å². The molecule has 0 saturated carbocycles. The van der Waals surface area contributed by atoms with Gasteiger partial charge in [-0.15, -0.1) is 0 Å². The number of rotatable bonds is 5. The summed E-state index contributed by atoms with van der Waals surface area (Å²) in [7, 11) is 0. The first-order valence-corrected chi connectivity index (χ1v) is 8.72. The standard InChI is InChI=1S/C20H15Cl2NO4/c1-11-4-5-23-17(6-11)14-10-13(2-3-18(14)24)27-20-15(21)7-12(8-16(20)22)9-19(25)26/h2-8,10,24H,9H2,1H3,(H,25,26). The number of hydrogen-bond acceptors (Lipinski definition) is 4. The molecule has 0 fully saturated rings. The summed E-state index contributed by atoms with van der Waals surface area (Å²) in [5.74, 6) is -0.304. The summed E-state index contributed by atoms with van der Waals surface area (Å²) in [5, 5.41) is 19.5. The van der Waals surface area contributed by atoms with Gasteiger partial charge < -0.3 is 14.9 Å². The second kappa shape index (κ2) is 7.86. The molecule has 2 N–H and O–H groups in total. The normalized spacial score (nSPS) is 10.6. The predicted octanol–water partition coefficient (Wildman–Crippen LogP) is 5.49. The van der Waals surface area contributed by atoms with Crippen molar-refractivity contribution < 1.29 is 19.7 Å². The number of nitrogens with zero attached hydrogens (tertiary/aromatic N) is 1. The van der Waals surface area contributed by atoms with Crippen molar-refractivity contribution in [3.63, 3.8) is 0 Å². The molecule has 0 aliphatic rings. The van der Waals surface area contributed by atoms with Gasteiger partial charge in [-0.1, -0.05) is 23.2 Å². The van der Waals surface area contributed by atoms with Gasteiger partial charge in [-0.25, -0.2) is 0 Å².